The summed E-state index contributed by atoms with van der Waals surface area (Å²) >= 11 is 0. The summed E-state index contributed by atoms with van der Waals surface area (Å²) in [5, 5.41) is 6.92. The van der Waals surface area contributed by atoms with Crippen LogP contribution in [0.5, 0.6) is 0 Å². The molecule has 0 aliphatic rings. The van der Waals surface area contributed by atoms with Crippen LogP contribution in [0.15, 0.2) is 130 Å². The molecule has 0 bridgehead atoms. The lowest BCUT2D eigenvalue weighted by atomic mass is 9.85. The molecule has 0 aliphatic carbocycles. The Morgan fingerprint density at radius 1 is 0.361 bits per heavy atom. The fourth-order valence-corrected chi connectivity index (χ4v) is 5.79. The first kappa shape index (κ1) is 19.5. The second kappa shape index (κ2) is 7.34. The van der Waals surface area contributed by atoms with Crippen molar-refractivity contribution < 1.29 is 8.83 Å². The molecule has 0 amide bonds. The lowest BCUT2D eigenvalue weighted by Gasteiger charge is -2.18. The molecule has 8 rings (SSSR count). The molecule has 0 saturated carbocycles. The number of rotatable bonds is 2. The highest BCUT2D eigenvalue weighted by Gasteiger charge is 2.22. The van der Waals surface area contributed by atoms with Crippen molar-refractivity contribution in [2.24, 2.45) is 0 Å². The minimum absolute atomic E-state index is 0.807. The van der Waals surface area contributed by atoms with E-state index in [0.717, 1.165) is 38.7 Å². The Labute approximate surface area is 207 Å². The molecule has 0 unspecified atom stereocenters. The largest absolute Gasteiger partial charge is 0.452 e. The lowest BCUT2D eigenvalue weighted by molar-refractivity contribution is 0.653. The summed E-state index contributed by atoms with van der Waals surface area (Å²) in [5.74, 6) is 0. The molecule has 0 radical (unpaired) electrons. The average molecular weight is 461 g/mol. The van der Waals surface area contributed by atoms with E-state index in [-0.39, 0.29) is 0 Å². The Balaban J connectivity index is 1.58. The van der Waals surface area contributed by atoms with Crippen LogP contribution >= 0.6 is 0 Å². The summed E-state index contributed by atoms with van der Waals surface area (Å²) in [6.45, 7) is 0. The Bertz CT molecular complexity index is 2030. The summed E-state index contributed by atoms with van der Waals surface area (Å²) in [5.41, 5.74) is 8.11. The van der Waals surface area contributed by atoms with Crippen molar-refractivity contribution in [3.8, 4) is 22.3 Å². The molecule has 6 aromatic carbocycles. The first-order valence-electron chi connectivity index (χ1n) is 12.2. The first-order chi connectivity index (χ1) is 17.9. The van der Waals surface area contributed by atoms with Crippen LogP contribution < -0.4 is 0 Å². The van der Waals surface area contributed by atoms with E-state index in [1.165, 1.54) is 38.2 Å². The van der Waals surface area contributed by atoms with Crippen LogP contribution in [0, 0.1) is 0 Å². The van der Waals surface area contributed by atoms with Crippen molar-refractivity contribution in [1.29, 1.82) is 0 Å². The fraction of sp³-hybridized carbons (Fsp3) is 0. The molecular formula is C34H20O2. The predicted octanol–water partition coefficient (Wildman–Crippen LogP) is 9.97. The van der Waals surface area contributed by atoms with E-state index in [0.29, 0.717) is 0 Å². The molecule has 36 heavy (non-hydrogen) atoms. The molecule has 168 valence electrons. The van der Waals surface area contributed by atoms with E-state index in [1.807, 2.05) is 24.3 Å². The van der Waals surface area contributed by atoms with Gasteiger partial charge in [-0.25, -0.2) is 0 Å². The molecule has 8 aromatic rings. The molecule has 0 atom stereocenters. The van der Waals surface area contributed by atoms with Gasteiger partial charge >= 0.3 is 0 Å². The highest BCUT2D eigenvalue weighted by Crippen LogP contribution is 2.47. The van der Waals surface area contributed by atoms with Gasteiger partial charge in [-0.15, -0.1) is 0 Å². The maximum absolute atomic E-state index is 6.39. The van der Waals surface area contributed by atoms with E-state index < -0.39 is 0 Å². The van der Waals surface area contributed by atoms with Crippen molar-refractivity contribution in [1.82, 2.24) is 0 Å². The number of hydrogen-bond acceptors (Lipinski definition) is 2. The summed E-state index contributed by atoms with van der Waals surface area (Å²) in [6.07, 6.45) is 0. The van der Waals surface area contributed by atoms with E-state index in [4.69, 9.17) is 8.83 Å². The Hall–Kier alpha value is -4.82. The molecule has 0 aliphatic heterocycles. The number of hydrogen-bond donors (Lipinski definition) is 0. The third-order valence-corrected chi connectivity index (χ3v) is 7.28. The molecule has 2 aromatic heterocycles. The van der Waals surface area contributed by atoms with Gasteiger partial charge in [0.1, 0.15) is 11.2 Å². The summed E-state index contributed by atoms with van der Waals surface area (Å²) in [6, 6.07) is 42.5. The van der Waals surface area contributed by atoms with E-state index >= 15 is 0 Å². The van der Waals surface area contributed by atoms with Crippen LogP contribution in [0.25, 0.3) is 76.9 Å². The van der Waals surface area contributed by atoms with Gasteiger partial charge in [-0.2, -0.15) is 0 Å². The third kappa shape index (κ3) is 2.61. The molecule has 2 heteroatoms. The lowest BCUT2D eigenvalue weighted by Crippen LogP contribution is -1.91. The smallest absolute Gasteiger partial charge is 0.182 e. The van der Waals surface area contributed by atoms with Gasteiger partial charge in [0.25, 0.3) is 0 Å². The minimum Gasteiger partial charge on any atom is -0.452 e. The van der Waals surface area contributed by atoms with Crippen molar-refractivity contribution in [3.05, 3.63) is 121 Å². The number of furan rings is 2. The highest BCUT2D eigenvalue weighted by atomic mass is 16.4. The number of benzene rings is 6. The number of fused-ring (bicyclic) bond motifs is 7. The molecule has 2 heterocycles. The van der Waals surface area contributed by atoms with Gasteiger partial charge in [0.2, 0.25) is 0 Å². The second-order valence-electron chi connectivity index (χ2n) is 9.24. The topological polar surface area (TPSA) is 26.3 Å². The molecule has 0 fully saturated rings. The first-order valence-corrected chi connectivity index (χ1v) is 12.2. The van der Waals surface area contributed by atoms with Crippen molar-refractivity contribution in [2.45, 2.75) is 0 Å². The van der Waals surface area contributed by atoms with Crippen LogP contribution in [-0.4, -0.2) is 0 Å². The predicted molar refractivity (Wildman–Crippen MR) is 149 cm³/mol. The average Bonchev–Trinajstić information content (AvgIpc) is 3.48. The second-order valence-corrected chi connectivity index (χ2v) is 9.24. The normalized spacial score (nSPS) is 11.9. The summed E-state index contributed by atoms with van der Waals surface area (Å²) in [4.78, 5) is 0. The van der Waals surface area contributed by atoms with E-state index in [9.17, 15) is 0 Å². The number of para-hydroxylation sites is 1. The third-order valence-electron chi connectivity index (χ3n) is 7.28. The van der Waals surface area contributed by atoms with Gasteiger partial charge in [-0.05, 0) is 62.0 Å². The van der Waals surface area contributed by atoms with Crippen molar-refractivity contribution in [3.63, 3.8) is 0 Å². The van der Waals surface area contributed by atoms with Crippen molar-refractivity contribution in [2.75, 3.05) is 0 Å². The molecule has 0 spiro atoms. The SMILES string of the molecule is c1ccc(-c2c3ccccc3c(-c3cccc4oc5c6ccccc6oc5c34)c3ccccc23)cc1. The molecule has 2 nitrogen and oxygen atoms in total. The van der Waals surface area contributed by atoms with Gasteiger partial charge in [-0.1, -0.05) is 103 Å². The molecular weight excluding hydrogens is 440 g/mol. The Morgan fingerprint density at radius 2 is 0.889 bits per heavy atom. The quantitative estimate of drug-likeness (QED) is 0.240. The van der Waals surface area contributed by atoms with Crippen LogP contribution in [0.1, 0.15) is 0 Å². The van der Waals surface area contributed by atoms with Gasteiger partial charge in [-0.3, -0.25) is 0 Å². The zero-order valence-electron chi connectivity index (χ0n) is 19.4. The van der Waals surface area contributed by atoms with E-state index in [1.54, 1.807) is 0 Å². The van der Waals surface area contributed by atoms with Crippen LogP contribution in [0.2, 0.25) is 0 Å². The standard InChI is InChI=1S/C34H20O2/c1-2-11-21(12-3-1)30-22-13-4-6-15-24(22)31(25-16-7-5-14-23(25)30)27-18-10-20-29-32(27)34-33(36-29)26-17-8-9-19-28(26)35-34/h1-20H. The van der Waals surface area contributed by atoms with Crippen LogP contribution in [0.3, 0.4) is 0 Å². The Morgan fingerprint density at radius 3 is 1.58 bits per heavy atom. The van der Waals surface area contributed by atoms with Crippen LogP contribution in [0.4, 0.5) is 0 Å². The molecule has 0 saturated heterocycles. The van der Waals surface area contributed by atoms with Gasteiger partial charge in [0, 0.05) is 0 Å². The van der Waals surface area contributed by atoms with E-state index in [2.05, 4.69) is 97.1 Å². The Kier molecular flexibility index (Phi) is 3.97. The monoisotopic (exact) mass is 460 g/mol. The summed E-state index contributed by atoms with van der Waals surface area (Å²) < 4.78 is 12.8. The van der Waals surface area contributed by atoms with Gasteiger partial charge < -0.3 is 8.83 Å². The zero-order chi connectivity index (χ0) is 23.6. The summed E-state index contributed by atoms with van der Waals surface area (Å²) in [7, 11) is 0. The maximum Gasteiger partial charge on any atom is 0.182 e. The maximum atomic E-state index is 6.39. The highest BCUT2D eigenvalue weighted by molar-refractivity contribution is 6.26. The zero-order valence-corrected chi connectivity index (χ0v) is 19.4. The van der Waals surface area contributed by atoms with Gasteiger partial charge in [0.05, 0.1) is 10.8 Å². The van der Waals surface area contributed by atoms with Crippen molar-refractivity contribution >= 4 is 54.6 Å². The fourth-order valence-electron chi connectivity index (χ4n) is 5.79. The molecule has 0 N–H and O–H groups in total. The van der Waals surface area contributed by atoms with Gasteiger partial charge in [0.15, 0.2) is 11.2 Å². The van der Waals surface area contributed by atoms with Crippen LogP contribution in [-0.2, 0) is 0 Å². The minimum atomic E-state index is 0.807.